The number of nitrogens with zero attached hydrogens (tertiary/aromatic N) is 2. The van der Waals surface area contributed by atoms with E-state index < -0.39 is 11.7 Å². The molecule has 1 aromatic carbocycles. The summed E-state index contributed by atoms with van der Waals surface area (Å²) in [7, 11) is 0. The van der Waals surface area contributed by atoms with Crippen molar-refractivity contribution in [3.05, 3.63) is 54.4 Å². The van der Waals surface area contributed by atoms with Gasteiger partial charge in [0, 0.05) is 18.0 Å². The Labute approximate surface area is 111 Å². The number of benzene rings is 1. The second kappa shape index (κ2) is 4.26. The van der Waals surface area contributed by atoms with E-state index in [4.69, 9.17) is 0 Å². The van der Waals surface area contributed by atoms with Gasteiger partial charge in [-0.15, -0.1) is 0 Å². The maximum absolute atomic E-state index is 13.0. The van der Waals surface area contributed by atoms with Crippen LogP contribution in [0.25, 0.3) is 16.9 Å². The van der Waals surface area contributed by atoms with E-state index >= 15 is 0 Å². The number of pyridine rings is 1. The molecule has 0 fully saturated rings. The first-order chi connectivity index (χ1) is 9.47. The Kier molecular flexibility index (Phi) is 2.67. The molecule has 0 bridgehead atoms. The predicted octanol–water partition coefficient (Wildman–Crippen LogP) is 3.73. The van der Waals surface area contributed by atoms with Gasteiger partial charge < -0.3 is 9.51 Å². The van der Waals surface area contributed by atoms with Crippen LogP contribution >= 0.6 is 0 Å². The van der Waals surface area contributed by atoms with E-state index in [2.05, 4.69) is 4.98 Å². The SMILES string of the molecule is Oc1cccn2cc(-c3ccccc3C(F)(F)F)nc12. The van der Waals surface area contributed by atoms with Crippen LogP contribution in [0.2, 0.25) is 0 Å². The number of aromatic nitrogens is 2. The lowest BCUT2D eigenvalue weighted by atomic mass is 10.1. The summed E-state index contributed by atoms with van der Waals surface area (Å²) in [6.07, 6.45) is -1.38. The Bertz CT molecular complexity index is 777. The van der Waals surface area contributed by atoms with Crippen molar-refractivity contribution in [1.29, 1.82) is 0 Å². The van der Waals surface area contributed by atoms with Crippen LogP contribution in [-0.2, 0) is 6.18 Å². The normalized spacial score (nSPS) is 11.9. The molecule has 0 aliphatic heterocycles. The molecule has 6 heteroatoms. The summed E-state index contributed by atoms with van der Waals surface area (Å²) in [5.74, 6) is -0.0803. The second-order valence-electron chi connectivity index (χ2n) is 4.29. The average Bonchev–Trinajstić information content (AvgIpc) is 2.83. The highest BCUT2D eigenvalue weighted by molar-refractivity contribution is 5.69. The first-order valence-electron chi connectivity index (χ1n) is 5.80. The topological polar surface area (TPSA) is 37.5 Å². The van der Waals surface area contributed by atoms with E-state index in [0.717, 1.165) is 6.07 Å². The largest absolute Gasteiger partial charge is 0.504 e. The van der Waals surface area contributed by atoms with Crippen molar-refractivity contribution in [2.45, 2.75) is 6.18 Å². The zero-order valence-electron chi connectivity index (χ0n) is 10.1. The zero-order chi connectivity index (χ0) is 14.3. The van der Waals surface area contributed by atoms with Crippen LogP contribution in [0.1, 0.15) is 5.56 Å². The molecule has 20 heavy (non-hydrogen) atoms. The molecule has 2 aromatic heterocycles. The van der Waals surface area contributed by atoms with E-state index in [1.165, 1.54) is 34.9 Å². The molecule has 0 spiro atoms. The van der Waals surface area contributed by atoms with Crippen molar-refractivity contribution >= 4 is 5.65 Å². The highest BCUT2D eigenvalue weighted by Crippen LogP contribution is 2.36. The fraction of sp³-hybridized carbons (Fsp3) is 0.0714. The number of hydrogen-bond acceptors (Lipinski definition) is 2. The number of halogens is 3. The third kappa shape index (κ3) is 1.99. The van der Waals surface area contributed by atoms with Crippen LogP contribution in [0.3, 0.4) is 0 Å². The Balaban J connectivity index is 2.24. The molecular formula is C14H9F3N2O. The predicted molar refractivity (Wildman–Crippen MR) is 67.3 cm³/mol. The van der Waals surface area contributed by atoms with Gasteiger partial charge in [0.25, 0.3) is 0 Å². The van der Waals surface area contributed by atoms with E-state index in [0.29, 0.717) is 0 Å². The van der Waals surface area contributed by atoms with Gasteiger partial charge >= 0.3 is 6.18 Å². The molecule has 0 radical (unpaired) electrons. The van der Waals surface area contributed by atoms with Gasteiger partial charge in [-0.3, -0.25) is 0 Å². The van der Waals surface area contributed by atoms with Crippen molar-refractivity contribution in [2.24, 2.45) is 0 Å². The second-order valence-corrected chi connectivity index (χ2v) is 4.29. The summed E-state index contributed by atoms with van der Waals surface area (Å²) >= 11 is 0. The van der Waals surface area contributed by atoms with Gasteiger partial charge in [-0.1, -0.05) is 18.2 Å². The smallest absolute Gasteiger partial charge is 0.417 e. The molecule has 102 valence electrons. The first kappa shape index (κ1) is 12.5. The monoisotopic (exact) mass is 278 g/mol. The van der Waals surface area contributed by atoms with Gasteiger partial charge in [-0.25, -0.2) is 4.98 Å². The molecule has 0 unspecified atom stereocenters. The third-order valence-corrected chi connectivity index (χ3v) is 2.97. The fourth-order valence-electron chi connectivity index (χ4n) is 2.08. The molecule has 2 heterocycles. The minimum atomic E-state index is -4.45. The van der Waals surface area contributed by atoms with Crippen LogP contribution in [-0.4, -0.2) is 14.5 Å². The van der Waals surface area contributed by atoms with Gasteiger partial charge in [0.05, 0.1) is 11.3 Å². The maximum atomic E-state index is 13.0. The fourth-order valence-corrected chi connectivity index (χ4v) is 2.08. The minimum Gasteiger partial charge on any atom is -0.504 e. The molecule has 0 amide bonds. The Hall–Kier alpha value is -2.50. The number of rotatable bonds is 1. The lowest BCUT2D eigenvalue weighted by molar-refractivity contribution is -0.137. The number of aromatic hydroxyl groups is 1. The van der Waals surface area contributed by atoms with Gasteiger partial charge in [-0.05, 0) is 18.2 Å². The Morgan fingerprint density at radius 2 is 1.80 bits per heavy atom. The van der Waals surface area contributed by atoms with Gasteiger partial charge in [0.15, 0.2) is 11.4 Å². The maximum Gasteiger partial charge on any atom is 0.417 e. The quantitative estimate of drug-likeness (QED) is 0.736. The van der Waals surface area contributed by atoms with Crippen LogP contribution < -0.4 is 0 Å². The summed E-state index contributed by atoms with van der Waals surface area (Å²) in [6.45, 7) is 0. The van der Waals surface area contributed by atoms with E-state index in [1.807, 2.05) is 0 Å². The lowest BCUT2D eigenvalue weighted by Gasteiger charge is -2.10. The lowest BCUT2D eigenvalue weighted by Crippen LogP contribution is -2.06. The molecule has 3 aromatic rings. The molecule has 0 aliphatic rings. The summed E-state index contributed by atoms with van der Waals surface area (Å²) in [5.41, 5.74) is -0.370. The van der Waals surface area contributed by atoms with Gasteiger partial charge in [-0.2, -0.15) is 13.2 Å². The molecule has 0 atom stereocenters. The first-order valence-corrected chi connectivity index (χ1v) is 5.80. The molecule has 3 rings (SSSR count). The highest BCUT2D eigenvalue weighted by Gasteiger charge is 2.33. The van der Waals surface area contributed by atoms with Gasteiger partial charge in [0.2, 0.25) is 0 Å². The van der Waals surface area contributed by atoms with Crippen molar-refractivity contribution in [3.63, 3.8) is 0 Å². The summed E-state index contributed by atoms with van der Waals surface area (Å²) < 4.78 is 40.4. The minimum absolute atomic E-state index is 0.0110. The average molecular weight is 278 g/mol. The molecule has 0 saturated heterocycles. The van der Waals surface area contributed by atoms with Crippen molar-refractivity contribution in [3.8, 4) is 17.0 Å². The van der Waals surface area contributed by atoms with Crippen LogP contribution in [0.4, 0.5) is 13.2 Å². The number of imidazole rings is 1. The van der Waals surface area contributed by atoms with Crippen LogP contribution in [0.5, 0.6) is 5.75 Å². The molecule has 3 nitrogen and oxygen atoms in total. The summed E-state index contributed by atoms with van der Waals surface area (Å²) in [6, 6.07) is 8.25. The third-order valence-electron chi connectivity index (χ3n) is 2.97. The van der Waals surface area contributed by atoms with Crippen molar-refractivity contribution in [1.82, 2.24) is 9.38 Å². The number of hydrogen-bond donors (Lipinski definition) is 1. The zero-order valence-corrected chi connectivity index (χ0v) is 10.1. The van der Waals surface area contributed by atoms with E-state index in [9.17, 15) is 18.3 Å². The number of alkyl halides is 3. The highest BCUT2D eigenvalue weighted by atomic mass is 19.4. The Morgan fingerprint density at radius 3 is 2.50 bits per heavy atom. The van der Waals surface area contributed by atoms with Crippen LogP contribution in [0, 0.1) is 0 Å². The molecular weight excluding hydrogens is 269 g/mol. The van der Waals surface area contributed by atoms with Crippen molar-refractivity contribution < 1.29 is 18.3 Å². The standard InChI is InChI=1S/C14H9F3N2O/c15-14(16,17)10-5-2-1-4-9(10)11-8-19-7-3-6-12(20)13(19)18-11/h1-8,20H. The van der Waals surface area contributed by atoms with Crippen molar-refractivity contribution in [2.75, 3.05) is 0 Å². The summed E-state index contributed by atoms with van der Waals surface area (Å²) in [5, 5.41) is 9.66. The number of fused-ring (bicyclic) bond motifs is 1. The molecule has 1 N–H and O–H groups in total. The molecule has 0 saturated carbocycles. The Morgan fingerprint density at radius 1 is 1.05 bits per heavy atom. The van der Waals surface area contributed by atoms with Gasteiger partial charge in [0.1, 0.15) is 0 Å². The van der Waals surface area contributed by atoms with Crippen LogP contribution in [0.15, 0.2) is 48.8 Å². The van der Waals surface area contributed by atoms with E-state index in [1.54, 1.807) is 12.3 Å². The van der Waals surface area contributed by atoms with E-state index in [-0.39, 0.29) is 22.7 Å². The molecule has 0 aliphatic carbocycles. The summed E-state index contributed by atoms with van der Waals surface area (Å²) in [4.78, 5) is 4.07.